The van der Waals surface area contributed by atoms with Gasteiger partial charge in [-0.05, 0) is 37.9 Å². The standard InChI is InChI=1S/C12H18N2OS/c1-13-12(8-15,10-2-3-10)9-16-11-4-6-14-7-5-11/h4-7,10,13,15H,2-3,8-9H2,1H3. The SMILES string of the molecule is CNC(CO)(CSc1ccncc1)C1CC1. The average Bonchev–Trinajstić information content (AvgIpc) is 3.17. The van der Waals surface area contributed by atoms with Crippen LogP contribution in [0.5, 0.6) is 0 Å². The molecule has 0 radical (unpaired) electrons. The Balaban J connectivity index is 1.96. The summed E-state index contributed by atoms with van der Waals surface area (Å²) in [5, 5.41) is 12.9. The Hall–Kier alpha value is -0.580. The molecule has 0 aliphatic heterocycles. The number of hydrogen-bond donors (Lipinski definition) is 2. The first-order valence-electron chi connectivity index (χ1n) is 5.63. The zero-order valence-corrected chi connectivity index (χ0v) is 10.3. The van der Waals surface area contributed by atoms with E-state index in [4.69, 9.17) is 0 Å². The van der Waals surface area contributed by atoms with Crippen molar-refractivity contribution in [1.29, 1.82) is 0 Å². The van der Waals surface area contributed by atoms with Crippen molar-refractivity contribution in [1.82, 2.24) is 10.3 Å². The van der Waals surface area contributed by atoms with Gasteiger partial charge in [0.2, 0.25) is 0 Å². The van der Waals surface area contributed by atoms with Crippen molar-refractivity contribution < 1.29 is 5.11 Å². The zero-order valence-electron chi connectivity index (χ0n) is 9.52. The third kappa shape index (κ3) is 2.56. The Labute approximate surface area is 101 Å². The van der Waals surface area contributed by atoms with Crippen molar-refractivity contribution >= 4 is 11.8 Å². The molecule has 0 saturated heterocycles. The van der Waals surface area contributed by atoms with Gasteiger partial charge in [0.1, 0.15) is 0 Å². The van der Waals surface area contributed by atoms with E-state index in [1.54, 1.807) is 24.2 Å². The Bertz CT molecular complexity index is 323. The van der Waals surface area contributed by atoms with Gasteiger partial charge in [-0.2, -0.15) is 0 Å². The van der Waals surface area contributed by atoms with Crippen LogP contribution in [0.3, 0.4) is 0 Å². The van der Waals surface area contributed by atoms with Gasteiger partial charge in [0.05, 0.1) is 12.1 Å². The molecule has 1 saturated carbocycles. The van der Waals surface area contributed by atoms with E-state index in [0.717, 1.165) is 5.75 Å². The van der Waals surface area contributed by atoms with E-state index in [1.807, 2.05) is 19.2 Å². The van der Waals surface area contributed by atoms with Gasteiger partial charge in [-0.25, -0.2) is 0 Å². The van der Waals surface area contributed by atoms with Gasteiger partial charge in [0.25, 0.3) is 0 Å². The zero-order chi connectivity index (χ0) is 11.4. The Morgan fingerprint density at radius 3 is 2.69 bits per heavy atom. The second-order valence-electron chi connectivity index (χ2n) is 4.31. The predicted octanol–water partition coefficient (Wildman–Crippen LogP) is 1.53. The number of aliphatic hydroxyl groups is 1. The van der Waals surface area contributed by atoms with Crippen LogP contribution in [0.1, 0.15) is 12.8 Å². The van der Waals surface area contributed by atoms with Crippen molar-refractivity contribution in [3.05, 3.63) is 24.5 Å². The molecule has 88 valence electrons. The molecule has 1 unspecified atom stereocenters. The van der Waals surface area contributed by atoms with Crippen molar-refractivity contribution in [2.75, 3.05) is 19.4 Å². The summed E-state index contributed by atoms with van der Waals surface area (Å²) in [5.41, 5.74) is -0.103. The average molecular weight is 238 g/mol. The summed E-state index contributed by atoms with van der Waals surface area (Å²) in [6.07, 6.45) is 6.08. The van der Waals surface area contributed by atoms with Gasteiger partial charge < -0.3 is 10.4 Å². The molecular formula is C12H18N2OS. The second kappa shape index (κ2) is 5.17. The molecule has 1 aliphatic carbocycles. The number of likely N-dealkylation sites (N-methyl/N-ethyl adjacent to an activating group) is 1. The smallest absolute Gasteiger partial charge is 0.0624 e. The summed E-state index contributed by atoms with van der Waals surface area (Å²) >= 11 is 1.78. The molecule has 4 heteroatoms. The molecule has 1 heterocycles. The Morgan fingerprint density at radius 2 is 2.19 bits per heavy atom. The molecule has 2 rings (SSSR count). The lowest BCUT2D eigenvalue weighted by Crippen LogP contribution is -2.51. The number of nitrogens with one attached hydrogen (secondary N) is 1. The van der Waals surface area contributed by atoms with Crippen LogP contribution in [0.15, 0.2) is 29.4 Å². The summed E-state index contributed by atoms with van der Waals surface area (Å²) in [5.74, 6) is 1.55. The van der Waals surface area contributed by atoms with E-state index in [2.05, 4.69) is 10.3 Å². The highest BCUT2D eigenvalue weighted by Crippen LogP contribution is 2.41. The van der Waals surface area contributed by atoms with E-state index in [0.29, 0.717) is 5.92 Å². The van der Waals surface area contributed by atoms with Gasteiger partial charge >= 0.3 is 0 Å². The number of thioether (sulfide) groups is 1. The van der Waals surface area contributed by atoms with E-state index < -0.39 is 0 Å². The van der Waals surface area contributed by atoms with Crippen LogP contribution in [0.2, 0.25) is 0 Å². The normalized spacial score (nSPS) is 19.4. The molecule has 0 spiro atoms. The van der Waals surface area contributed by atoms with Crippen molar-refractivity contribution in [3.8, 4) is 0 Å². The van der Waals surface area contributed by atoms with Crippen LogP contribution >= 0.6 is 11.8 Å². The minimum absolute atomic E-state index is 0.103. The number of pyridine rings is 1. The molecule has 1 aromatic rings. The van der Waals surface area contributed by atoms with Crippen LogP contribution in [0, 0.1) is 5.92 Å². The van der Waals surface area contributed by atoms with Crippen molar-refractivity contribution in [3.63, 3.8) is 0 Å². The number of hydrogen-bond acceptors (Lipinski definition) is 4. The third-order valence-electron chi connectivity index (χ3n) is 3.28. The highest BCUT2D eigenvalue weighted by atomic mass is 32.2. The van der Waals surface area contributed by atoms with E-state index >= 15 is 0 Å². The van der Waals surface area contributed by atoms with Crippen LogP contribution < -0.4 is 5.32 Å². The fraction of sp³-hybridized carbons (Fsp3) is 0.583. The lowest BCUT2D eigenvalue weighted by atomic mass is 9.97. The molecule has 0 bridgehead atoms. The monoisotopic (exact) mass is 238 g/mol. The summed E-state index contributed by atoms with van der Waals surface area (Å²) in [6.45, 7) is 0.215. The van der Waals surface area contributed by atoms with Crippen LogP contribution in [0.25, 0.3) is 0 Å². The molecule has 2 N–H and O–H groups in total. The summed E-state index contributed by atoms with van der Waals surface area (Å²) in [7, 11) is 1.95. The number of nitrogens with zero attached hydrogens (tertiary/aromatic N) is 1. The maximum atomic E-state index is 9.58. The third-order valence-corrected chi connectivity index (χ3v) is 4.55. The topological polar surface area (TPSA) is 45.1 Å². The quantitative estimate of drug-likeness (QED) is 0.738. The molecule has 1 fully saturated rings. The van der Waals surface area contributed by atoms with Gasteiger partial charge in [0.15, 0.2) is 0 Å². The lowest BCUT2D eigenvalue weighted by Gasteiger charge is -2.31. The summed E-state index contributed by atoms with van der Waals surface area (Å²) in [6, 6.07) is 4.02. The summed E-state index contributed by atoms with van der Waals surface area (Å²) < 4.78 is 0. The minimum atomic E-state index is -0.103. The first-order valence-corrected chi connectivity index (χ1v) is 6.62. The molecule has 3 nitrogen and oxygen atoms in total. The first kappa shape index (κ1) is 11.9. The predicted molar refractivity (Wildman–Crippen MR) is 66.6 cm³/mol. The molecule has 1 aliphatic rings. The Morgan fingerprint density at radius 1 is 1.50 bits per heavy atom. The first-order chi connectivity index (χ1) is 7.80. The summed E-state index contributed by atoms with van der Waals surface area (Å²) in [4.78, 5) is 5.21. The molecule has 1 atom stereocenters. The fourth-order valence-corrected chi connectivity index (χ4v) is 3.14. The van der Waals surface area contributed by atoms with Gasteiger partial charge in [-0.15, -0.1) is 11.8 Å². The second-order valence-corrected chi connectivity index (χ2v) is 5.36. The Kier molecular flexibility index (Phi) is 3.84. The number of aromatic nitrogens is 1. The van der Waals surface area contributed by atoms with Gasteiger partial charge in [-0.1, -0.05) is 0 Å². The van der Waals surface area contributed by atoms with Crippen molar-refractivity contribution in [2.24, 2.45) is 5.92 Å². The fourth-order valence-electron chi connectivity index (χ4n) is 1.93. The largest absolute Gasteiger partial charge is 0.394 e. The number of aliphatic hydroxyl groups excluding tert-OH is 1. The maximum absolute atomic E-state index is 9.58. The molecule has 0 amide bonds. The molecular weight excluding hydrogens is 220 g/mol. The van der Waals surface area contributed by atoms with E-state index in [1.165, 1.54) is 17.7 Å². The van der Waals surface area contributed by atoms with Crippen LogP contribution in [-0.2, 0) is 0 Å². The molecule has 16 heavy (non-hydrogen) atoms. The van der Waals surface area contributed by atoms with Crippen molar-refractivity contribution in [2.45, 2.75) is 23.3 Å². The molecule has 0 aromatic carbocycles. The van der Waals surface area contributed by atoms with Gasteiger partial charge in [-0.3, -0.25) is 4.98 Å². The highest BCUT2D eigenvalue weighted by molar-refractivity contribution is 7.99. The van der Waals surface area contributed by atoms with E-state index in [9.17, 15) is 5.11 Å². The van der Waals surface area contributed by atoms with E-state index in [-0.39, 0.29) is 12.1 Å². The highest BCUT2D eigenvalue weighted by Gasteiger charge is 2.43. The van der Waals surface area contributed by atoms with Crippen LogP contribution in [0.4, 0.5) is 0 Å². The molecule has 1 aromatic heterocycles. The minimum Gasteiger partial charge on any atom is -0.394 e. The maximum Gasteiger partial charge on any atom is 0.0624 e. The van der Waals surface area contributed by atoms with Crippen LogP contribution in [-0.4, -0.2) is 35.0 Å². The lowest BCUT2D eigenvalue weighted by molar-refractivity contribution is 0.167. The number of rotatable bonds is 6. The van der Waals surface area contributed by atoms with Gasteiger partial charge in [0, 0.05) is 23.0 Å².